The highest BCUT2D eigenvalue weighted by molar-refractivity contribution is 7.08. The van der Waals surface area contributed by atoms with Gasteiger partial charge in [-0.2, -0.15) is 4.37 Å². The summed E-state index contributed by atoms with van der Waals surface area (Å²) in [5.41, 5.74) is 3.77. The predicted molar refractivity (Wildman–Crippen MR) is 108 cm³/mol. The van der Waals surface area contributed by atoms with E-state index in [1.807, 2.05) is 44.3 Å². The van der Waals surface area contributed by atoms with Crippen LogP contribution in [0.4, 0.5) is 5.69 Å². The van der Waals surface area contributed by atoms with Crippen LogP contribution in [0.5, 0.6) is 10.8 Å². The SMILES string of the molecule is CCN(C)C=Nc1cc(C)c(Oc2snc(C(C)(C)C)c2Cl)cc1C. The van der Waals surface area contributed by atoms with Crippen LogP contribution in [0, 0.1) is 13.8 Å². The molecule has 1 heterocycles. The standard InChI is InChI=1S/C19H26ClN3OS/c1-8-23(7)11-21-14-9-13(3)15(10-12(14)2)24-18-16(20)17(22-25-18)19(4,5)6/h9-11H,8H2,1-7H3. The molecule has 0 radical (unpaired) electrons. The van der Waals surface area contributed by atoms with Crippen LogP contribution in [0.3, 0.4) is 0 Å². The van der Waals surface area contributed by atoms with Crippen LogP contribution in [-0.4, -0.2) is 29.2 Å². The van der Waals surface area contributed by atoms with Gasteiger partial charge < -0.3 is 9.64 Å². The van der Waals surface area contributed by atoms with Gasteiger partial charge in [0.15, 0.2) is 0 Å². The van der Waals surface area contributed by atoms with Crippen molar-refractivity contribution in [1.29, 1.82) is 0 Å². The molecular formula is C19H26ClN3OS. The van der Waals surface area contributed by atoms with Gasteiger partial charge in [-0.3, -0.25) is 0 Å². The summed E-state index contributed by atoms with van der Waals surface area (Å²) in [4.78, 5) is 6.58. The Morgan fingerprint density at radius 2 is 1.96 bits per heavy atom. The van der Waals surface area contributed by atoms with Gasteiger partial charge in [0.2, 0.25) is 5.06 Å². The van der Waals surface area contributed by atoms with Gasteiger partial charge >= 0.3 is 0 Å². The normalized spacial score (nSPS) is 12.0. The summed E-state index contributed by atoms with van der Waals surface area (Å²) < 4.78 is 10.5. The Balaban J connectivity index is 2.29. The molecule has 0 spiro atoms. The van der Waals surface area contributed by atoms with Crippen molar-refractivity contribution in [3.63, 3.8) is 0 Å². The lowest BCUT2D eigenvalue weighted by Crippen LogP contribution is -2.14. The van der Waals surface area contributed by atoms with Crippen molar-refractivity contribution >= 4 is 35.2 Å². The minimum Gasteiger partial charge on any atom is -0.443 e. The van der Waals surface area contributed by atoms with Crippen molar-refractivity contribution in [1.82, 2.24) is 9.27 Å². The lowest BCUT2D eigenvalue weighted by atomic mass is 9.92. The molecule has 0 unspecified atom stereocenters. The first kappa shape index (κ1) is 19.7. The van der Waals surface area contributed by atoms with Gasteiger partial charge in [-0.25, -0.2) is 4.99 Å². The molecule has 2 rings (SSSR count). The molecule has 0 bridgehead atoms. The minimum atomic E-state index is -0.107. The molecule has 0 aliphatic carbocycles. The number of aryl methyl sites for hydroxylation is 2. The number of halogens is 1. The third-order valence-corrected chi connectivity index (χ3v) is 5.10. The Kier molecular flexibility index (Phi) is 6.12. The van der Waals surface area contributed by atoms with Crippen LogP contribution in [0.15, 0.2) is 17.1 Å². The zero-order valence-electron chi connectivity index (χ0n) is 16.0. The van der Waals surface area contributed by atoms with Crippen molar-refractivity contribution < 1.29 is 4.74 Å². The zero-order valence-corrected chi connectivity index (χ0v) is 17.5. The van der Waals surface area contributed by atoms with E-state index >= 15 is 0 Å². The van der Waals surface area contributed by atoms with Crippen LogP contribution >= 0.6 is 23.1 Å². The van der Waals surface area contributed by atoms with E-state index in [4.69, 9.17) is 16.3 Å². The fourth-order valence-electron chi connectivity index (χ4n) is 2.16. The van der Waals surface area contributed by atoms with Gasteiger partial charge in [-0.05, 0) is 44.0 Å². The van der Waals surface area contributed by atoms with E-state index in [9.17, 15) is 0 Å². The fourth-order valence-corrected chi connectivity index (χ4v) is 3.52. The van der Waals surface area contributed by atoms with Crippen LogP contribution in [0.2, 0.25) is 5.02 Å². The molecule has 1 aromatic heterocycles. The van der Waals surface area contributed by atoms with Crippen LogP contribution in [-0.2, 0) is 5.41 Å². The van der Waals surface area contributed by atoms with Crippen LogP contribution < -0.4 is 4.74 Å². The molecule has 25 heavy (non-hydrogen) atoms. The number of ether oxygens (including phenoxy) is 1. The second-order valence-electron chi connectivity index (χ2n) is 7.21. The van der Waals surface area contributed by atoms with Gasteiger partial charge in [0.25, 0.3) is 0 Å². The molecule has 1 aromatic carbocycles. The molecule has 0 N–H and O–H groups in total. The van der Waals surface area contributed by atoms with Gasteiger partial charge in [0, 0.05) is 30.5 Å². The molecule has 2 aromatic rings. The Morgan fingerprint density at radius 3 is 2.52 bits per heavy atom. The van der Waals surface area contributed by atoms with Gasteiger partial charge in [0.05, 0.1) is 17.7 Å². The molecule has 4 nitrogen and oxygen atoms in total. The van der Waals surface area contributed by atoms with Crippen LogP contribution in [0.1, 0.15) is 44.5 Å². The number of hydrogen-bond acceptors (Lipinski definition) is 4. The third kappa shape index (κ3) is 4.73. The van der Waals surface area contributed by atoms with E-state index < -0.39 is 0 Å². The summed E-state index contributed by atoms with van der Waals surface area (Å²) >= 11 is 7.77. The number of aliphatic imine (C=N–C) groups is 1. The van der Waals surface area contributed by atoms with E-state index in [-0.39, 0.29) is 5.41 Å². The topological polar surface area (TPSA) is 37.7 Å². The Bertz CT molecular complexity index is 778. The number of nitrogens with zero attached hydrogens (tertiary/aromatic N) is 3. The summed E-state index contributed by atoms with van der Waals surface area (Å²) in [6.07, 6.45) is 1.85. The van der Waals surface area contributed by atoms with E-state index in [1.165, 1.54) is 11.5 Å². The van der Waals surface area contributed by atoms with Crippen molar-refractivity contribution in [3.05, 3.63) is 34.0 Å². The smallest absolute Gasteiger partial charge is 0.219 e. The summed E-state index contributed by atoms with van der Waals surface area (Å²) in [7, 11) is 2.00. The molecule has 0 saturated carbocycles. The molecule has 136 valence electrons. The van der Waals surface area contributed by atoms with E-state index in [1.54, 1.807) is 0 Å². The molecule has 0 fully saturated rings. The quantitative estimate of drug-likeness (QED) is 0.464. The van der Waals surface area contributed by atoms with Gasteiger partial charge in [-0.1, -0.05) is 32.4 Å². The predicted octanol–water partition coefficient (Wildman–Crippen LogP) is 6.11. The Morgan fingerprint density at radius 1 is 1.28 bits per heavy atom. The van der Waals surface area contributed by atoms with Crippen molar-refractivity contribution in [2.75, 3.05) is 13.6 Å². The second-order valence-corrected chi connectivity index (χ2v) is 8.32. The lowest BCUT2D eigenvalue weighted by molar-refractivity contribution is 0.490. The average molecular weight is 380 g/mol. The highest BCUT2D eigenvalue weighted by Crippen LogP contribution is 2.42. The number of benzene rings is 1. The molecule has 0 atom stereocenters. The van der Waals surface area contributed by atoms with Crippen molar-refractivity contribution in [2.24, 2.45) is 4.99 Å². The molecule has 0 aliphatic heterocycles. The zero-order chi connectivity index (χ0) is 18.8. The number of aromatic nitrogens is 1. The Labute approximate surface area is 159 Å². The molecule has 6 heteroatoms. The number of rotatable bonds is 5. The first-order valence-electron chi connectivity index (χ1n) is 8.32. The number of hydrogen-bond donors (Lipinski definition) is 0. The van der Waals surface area contributed by atoms with Crippen LogP contribution in [0.25, 0.3) is 0 Å². The van der Waals surface area contributed by atoms with E-state index in [2.05, 4.69) is 37.1 Å². The molecule has 0 saturated heterocycles. The maximum absolute atomic E-state index is 6.48. The first-order chi connectivity index (χ1) is 11.6. The first-order valence-corrected chi connectivity index (χ1v) is 9.47. The highest BCUT2D eigenvalue weighted by atomic mass is 35.5. The van der Waals surface area contributed by atoms with E-state index in [0.29, 0.717) is 10.1 Å². The molecular weight excluding hydrogens is 354 g/mol. The Hall–Kier alpha value is -1.59. The fraction of sp³-hybridized carbons (Fsp3) is 0.474. The summed E-state index contributed by atoms with van der Waals surface area (Å²) in [6, 6.07) is 4.03. The summed E-state index contributed by atoms with van der Waals surface area (Å²) in [6.45, 7) is 13.3. The monoisotopic (exact) mass is 379 g/mol. The van der Waals surface area contributed by atoms with Crippen molar-refractivity contribution in [3.8, 4) is 10.8 Å². The van der Waals surface area contributed by atoms with Gasteiger partial charge in [-0.15, -0.1) is 0 Å². The summed E-state index contributed by atoms with van der Waals surface area (Å²) in [5, 5.41) is 1.23. The van der Waals surface area contributed by atoms with Gasteiger partial charge in [0.1, 0.15) is 10.8 Å². The lowest BCUT2D eigenvalue weighted by Gasteiger charge is -2.15. The third-order valence-electron chi connectivity index (χ3n) is 3.91. The maximum atomic E-state index is 6.48. The molecule has 0 amide bonds. The molecule has 0 aliphatic rings. The second kappa shape index (κ2) is 7.75. The maximum Gasteiger partial charge on any atom is 0.219 e. The van der Waals surface area contributed by atoms with E-state index in [0.717, 1.165) is 34.8 Å². The average Bonchev–Trinajstić information content (AvgIpc) is 2.89. The highest BCUT2D eigenvalue weighted by Gasteiger charge is 2.24. The summed E-state index contributed by atoms with van der Waals surface area (Å²) in [5.74, 6) is 0.784. The largest absolute Gasteiger partial charge is 0.443 e. The minimum absolute atomic E-state index is 0.107. The van der Waals surface area contributed by atoms with Crippen molar-refractivity contribution in [2.45, 2.75) is 47.0 Å².